The quantitative estimate of drug-likeness (QED) is 0.688. The molecule has 15 heavy (non-hydrogen) atoms. The van der Waals surface area contributed by atoms with E-state index in [2.05, 4.69) is 6.92 Å². The number of carbonyl (C=O) groups excluding carboxylic acids is 2. The van der Waals surface area contributed by atoms with Gasteiger partial charge in [-0.3, -0.25) is 9.59 Å². The average molecular weight is 200 g/mol. The molecule has 2 rings (SSSR count). The van der Waals surface area contributed by atoms with E-state index in [9.17, 15) is 9.59 Å². The zero-order valence-electron chi connectivity index (χ0n) is 8.62. The van der Waals surface area contributed by atoms with Crippen molar-refractivity contribution in [1.29, 1.82) is 0 Å². The van der Waals surface area contributed by atoms with Crippen molar-refractivity contribution in [2.24, 2.45) is 0 Å². The van der Waals surface area contributed by atoms with Crippen LogP contribution in [-0.2, 0) is 4.79 Å². The smallest absolute Gasteiger partial charge is 0.233 e. The first kappa shape index (κ1) is 9.84. The maximum atomic E-state index is 11.6. The molecule has 0 fully saturated rings. The number of allylic oxidation sites excluding steroid dienone is 2. The highest BCUT2D eigenvalue weighted by molar-refractivity contribution is 6.50. The number of carbonyl (C=O) groups is 2. The molecule has 0 saturated carbocycles. The number of hydrogen-bond donors (Lipinski definition) is 0. The number of fused-ring (bicyclic) bond motifs is 1. The van der Waals surface area contributed by atoms with E-state index in [0.29, 0.717) is 5.56 Å². The Labute approximate surface area is 88.6 Å². The summed E-state index contributed by atoms with van der Waals surface area (Å²) in [7, 11) is 0. The Balaban J connectivity index is 2.55. The molecule has 0 aromatic heterocycles. The molecule has 1 aliphatic rings. The molecule has 0 bridgehead atoms. The molecule has 2 heteroatoms. The Bertz CT molecular complexity index is 455. The van der Waals surface area contributed by atoms with Gasteiger partial charge < -0.3 is 0 Å². The van der Waals surface area contributed by atoms with E-state index in [1.807, 2.05) is 12.1 Å². The summed E-state index contributed by atoms with van der Waals surface area (Å²) in [5.74, 6) is -0.775. The third kappa shape index (κ3) is 1.63. The van der Waals surface area contributed by atoms with Crippen molar-refractivity contribution in [3.8, 4) is 0 Å². The molecule has 0 saturated heterocycles. The van der Waals surface area contributed by atoms with Crippen LogP contribution in [0.1, 0.15) is 35.7 Å². The normalized spacial score (nSPS) is 14.9. The summed E-state index contributed by atoms with van der Waals surface area (Å²) in [5.41, 5.74) is 2.45. The van der Waals surface area contributed by atoms with Gasteiger partial charge in [-0.15, -0.1) is 0 Å². The maximum Gasteiger partial charge on any atom is 0.233 e. The van der Waals surface area contributed by atoms with Crippen molar-refractivity contribution in [1.82, 2.24) is 0 Å². The topological polar surface area (TPSA) is 34.1 Å². The Morgan fingerprint density at radius 2 is 1.73 bits per heavy atom. The Hall–Kier alpha value is -1.70. The summed E-state index contributed by atoms with van der Waals surface area (Å²) in [6.45, 7) is 2.06. The molecule has 0 N–H and O–H groups in total. The molecule has 0 amide bonds. The lowest BCUT2D eigenvalue weighted by Crippen LogP contribution is -2.18. The molecule has 0 unspecified atom stereocenters. The predicted octanol–water partition coefficient (Wildman–Crippen LogP) is 2.64. The van der Waals surface area contributed by atoms with Crippen molar-refractivity contribution in [3.05, 3.63) is 41.5 Å². The number of hydrogen-bond acceptors (Lipinski definition) is 2. The molecule has 1 aromatic rings. The summed E-state index contributed by atoms with van der Waals surface area (Å²) in [5, 5.41) is 0. The molecule has 1 aromatic carbocycles. The fourth-order valence-corrected chi connectivity index (χ4v) is 1.87. The van der Waals surface area contributed by atoms with Crippen molar-refractivity contribution < 1.29 is 9.59 Å². The van der Waals surface area contributed by atoms with E-state index in [-0.39, 0.29) is 5.78 Å². The van der Waals surface area contributed by atoms with Crippen LogP contribution < -0.4 is 0 Å². The van der Waals surface area contributed by atoms with E-state index in [0.717, 1.165) is 24.0 Å². The second-order valence-electron chi connectivity index (χ2n) is 3.66. The number of Topliss-reactive ketones (excluding diaryl/α,β-unsaturated/α-hetero) is 1. The minimum absolute atomic E-state index is 0.384. The molecule has 0 atom stereocenters. The van der Waals surface area contributed by atoms with Gasteiger partial charge in [-0.05, 0) is 23.6 Å². The number of rotatable bonds is 2. The van der Waals surface area contributed by atoms with Crippen LogP contribution >= 0.6 is 0 Å². The SMILES string of the molecule is CCCC1=CC(=O)C(=O)c2ccccc21. The molecular formula is C13H12O2. The average Bonchev–Trinajstić information content (AvgIpc) is 2.26. The van der Waals surface area contributed by atoms with Crippen LogP contribution in [-0.4, -0.2) is 11.6 Å². The summed E-state index contributed by atoms with van der Waals surface area (Å²) in [4.78, 5) is 23.0. The van der Waals surface area contributed by atoms with Gasteiger partial charge in [-0.25, -0.2) is 0 Å². The molecule has 76 valence electrons. The highest BCUT2D eigenvalue weighted by Crippen LogP contribution is 2.27. The number of ketones is 2. The van der Waals surface area contributed by atoms with Crippen LogP contribution in [0, 0.1) is 0 Å². The van der Waals surface area contributed by atoms with Gasteiger partial charge in [0.1, 0.15) is 0 Å². The summed E-state index contributed by atoms with van der Waals surface area (Å²) >= 11 is 0. The van der Waals surface area contributed by atoms with Crippen molar-refractivity contribution >= 4 is 17.1 Å². The van der Waals surface area contributed by atoms with E-state index in [1.54, 1.807) is 12.1 Å². The first-order valence-electron chi connectivity index (χ1n) is 5.12. The van der Waals surface area contributed by atoms with Gasteiger partial charge >= 0.3 is 0 Å². The molecule has 2 nitrogen and oxygen atoms in total. The molecule has 1 aliphatic carbocycles. The van der Waals surface area contributed by atoms with Crippen LogP contribution in [0.25, 0.3) is 5.57 Å². The third-order valence-corrected chi connectivity index (χ3v) is 2.57. The fraction of sp³-hybridized carbons (Fsp3) is 0.231. The molecule has 0 radical (unpaired) electrons. The molecule has 0 aliphatic heterocycles. The van der Waals surface area contributed by atoms with Crippen LogP contribution in [0.15, 0.2) is 30.3 Å². The van der Waals surface area contributed by atoms with Crippen LogP contribution in [0.2, 0.25) is 0 Å². The first-order valence-corrected chi connectivity index (χ1v) is 5.12. The van der Waals surface area contributed by atoms with Crippen molar-refractivity contribution in [2.75, 3.05) is 0 Å². The van der Waals surface area contributed by atoms with E-state index in [1.165, 1.54) is 6.08 Å². The fourth-order valence-electron chi connectivity index (χ4n) is 1.87. The highest BCUT2D eigenvalue weighted by atomic mass is 16.2. The standard InChI is InChI=1S/C13H12O2/c1-2-5-9-8-12(14)13(15)11-7-4-3-6-10(9)11/h3-4,6-8H,2,5H2,1H3. The van der Waals surface area contributed by atoms with E-state index >= 15 is 0 Å². The maximum absolute atomic E-state index is 11.6. The lowest BCUT2D eigenvalue weighted by atomic mass is 9.87. The van der Waals surface area contributed by atoms with Gasteiger partial charge in [0.05, 0.1) is 0 Å². The van der Waals surface area contributed by atoms with Gasteiger partial charge in [-0.2, -0.15) is 0 Å². The van der Waals surface area contributed by atoms with Gasteiger partial charge in [0, 0.05) is 5.56 Å². The molecular weight excluding hydrogens is 188 g/mol. The van der Waals surface area contributed by atoms with Crippen LogP contribution in [0.3, 0.4) is 0 Å². The molecule has 0 spiro atoms. The minimum atomic E-state index is -0.392. The summed E-state index contributed by atoms with van der Waals surface area (Å²) in [6, 6.07) is 7.31. The lowest BCUT2D eigenvalue weighted by Gasteiger charge is -2.15. The van der Waals surface area contributed by atoms with Crippen molar-refractivity contribution in [3.63, 3.8) is 0 Å². The minimum Gasteiger partial charge on any atom is -0.286 e. The second-order valence-corrected chi connectivity index (χ2v) is 3.66. The van der Waals surface area contributed by atoms with Crippen LogP contribution in [0.5, 0.6) is 0 Å². The van der Waals surface area contributed by atoms with Gasteiger partial charge in [0.25, 0.3) is 0 Å². The third-order valence-electron chi connectivity index (χ3n) is 2.57. The largest absolute Gasteiger partial charge is 0.286 e. The Kier molecular flexibility index (Phi) is 2.50. The van der Waals surface area contributed by atoms with Gasteiger partial charge in [0.2, 0.25) is 11.6 Å². The first-order chi connectivity index (χ1) is 7.24. The second kappa shape index (κ2) is 3.81. The number of benzene rings is 1. The zero-order chi connectivity index (χ0) is 10.8. The van der Waals surface area contributed by atoms with Crippen molar-refractivity contribution in [2.45, 2.75) is 19.8 Å². The lowest BCUT2D eigenvalue weighted by molar-refractivity contribution is -0.111. The Morgan fingerprint density at radius 3 is 2.40 bits per heavy atom. The van der Waals surface area contributed by atoms with Gasteiger partial charge in [-0.1, -0.05) is 37.6 Å². The van der Waals surface area contributed by atoms with Crippen LogP contribution in [0.4, 0.5) is 0 Å². The summed E-state index contributed by atoms with van der Waals surface area (Å²) in [6.07, 6.45) is 3.30. The van der Waals surface area contributed by atoms with E-state index in [4.69, 9.17) is 0 Å². The highest BCUT2D eigenvalue weighted by Gasteiger charge is 2.24. The van der Waals surface area contributed by atoms with Gasteiger partial charge in [0.15, 0.2) is 0 Å². The van der Waals surface area contributed by atoms with E-state index < -0.39 is 5.78 Å². The monoisotopic (exact) mass is 200 g/mol. The molecule has 0 heterocycles. The Morgan fingerprint density at radius 1 is 1.07 bits per heavy atom. The zero-order valence-corrected chi connectivity index (χ0v) is 8.62. The summed E-state index contributed by atoms with van der Waals surface area (Å²) < 4.78 is 0. The predicted molar refractivity (Wildman–Crippen MR) is 58.7 cm³/mol.